The Balaban J connectivity index is 3.40. The summed E-state index contributed by atoms with van der Waals surface area (Å²) in [5.41, 5.74) is 5.98. The van der Waals surface area contributed by atoms with Gasteiger partial charge < -0.3 is 5.73 Å². The average Bonchev–Trinajstić information content (AvgIpc) is 2.17. The fourth-order valence-electron chi connectivity index (χ4n) is 1.25. The summed E-state index contributed by atoms with van der Waals surface area (Å²) in [6.45, 7) is 1.61. The number of halogens is 2. The number of nitrogens with zero attached hydrogens (tertiary/aromatic N) is 1. The van der Waals surface area contributed by atoms with Crippen LogP contribution in [0.5, 0.6) is 0 Å². The third-order valence-corrected chi connectivity index (χ3v) is 2.62. The normalized spacial score (nSPS) is 11.6. The van der Waals surface area contributed by atoms with Gasteiger partial charge in [-0.1, -0.05) is 29.3 Å². The summed E-state index contributed by atoms with van der Waals surface area (Å²) in [5, 5.41) is 9.66. The molecule has 82 valence electrons. The second-order valence-electron chi connectivity index (χ2n) is 3.10. The van der Waals surface area contributed by atoms with Crippen molar-refractivity contribution in [2.24, 2.45) is 5.73 Å². The minimum absolute atomic E-state index is 0.107. The third-order valence-electron chi connectivity index (χ3n) is 2.07. The number of primary amides is 1. The number of rotatable bonds is 2. The minimum atomic E-state index is -0.772. The number of allylic oxidation sites excluding steroid dienone is 1. The molecule has 1 rings (SSSR count). The van der Waals surface area contributed by atoms with Crippen molar-refractivity contribution in [1.29, 1.82) is 5.26 Å². The number of carbonyl (C=O) groups is 1. The van der Waals surface area contributed by atoms with Gasteiger partial charge in [-0.2, -0.15) is 5.26 Å². The third kappa shape index (κ3) is 2.54. The molecule has 0 saturated carbocycles. The molecule has 0 saturated heterocycles. The van der Waals surface area contributed by atoms with E-state index in [0.717, 1.165) is 0 Å². The Morgan fingerprint density at radius 3 is 2.50 bits per heavy atom. The van der Waals surface area contributed by atoms with E-state index in [9.17, 15) is 4.79 Å². The van der Waals surface area contributed by atoms with Gasteiger partial charge in [0.25, 0.3) is 5.91 Å². The molecule has 0 aliphatic carbocycles. The molecule has 0 bridgehead atoms. The number of nitrogens with two attached hydrogens (primary N) is 1. The topological polar surface area (TPSA) is 66.9 Å². The number of amides is 1. The molecule has 5 heteroatoms. The SMILES string of the molecule is C/C(=C(\C#N)C(N)=O)c1ccc(Cl)cc1Cl. The number of hydrogen-bond acceptors (Lipinski definition) is 2. The molecule has 0 atom stereocenters. The van der Waals surface area contributed by atoms with E-state index in [1.54, 1.807) is 25.1 Å². The van der Waals surface area contributed by atoms with Gasteiger partial charge in [0.05, 0.1) is 0 Å². The first-order valence-corrected chi connectivity index (χ1v) is 5.09. The van der Waals surface area contributed by atoms with E-state index < -0.39 is 5.91 Å². The van der Waals surface area contributed by atoms with Crippen molar-refractivity contribution < 1.29 is 4.79 Å². The Hall–Kier alpha value is -1.50. The number of hydrogen-bond donors (Lipinski definition) is 1. The van der Waals surface area contributed by atoms with E-state index in [1.807, 2.05) is 0 Å². The van der Waals surface area contributed by atoms with E-state index in [1.165, 1.54) is 6.07 Å². The molecule has 1 aromatic carbocycles. The summed E-state index contributed by atoms with van der Waals surface area (Å²) in [7, 11) is 0. The van der Waals surface area contributed by atoms with Crippen LogP contribution in [0.25, 0.3) is 5.57 Å². The highest BCUT2D eigenvalue weighted by molar-refractivity contribution is 6.35. The van der Waals surface area contributed by atoms with Crippen molar-refractivity contribution in [3.05, 3.63) is 39.4 Å². The second-order valence-corrected chi connectivity index (χ2v) is 3.94. The maximum absolute atomic E-state index is 11.0. The van der Waals surface area contributed by atoms with Crippen LogP contribution in [0.2, 0.25) is 10.0 Å². The second kappa shape index (κ2) is 5.02. The Kier molecular flexibility index (Phi) is 3.94. The molecular formula is C11H8Cl2N2O. The molecule has 0 aliphatic heterocycles. The smallest absolute Gasteiger partial charge is 0.259 e. The molecule has 16 heavy (non-hydrogen) atoms. The summed E-state index contributed by atoms with van der Waals surface area (Å²) in [6, 6.07) is 6.56. The van der Waals surface area contributed by atoms with Crippen molar-refractivity contribution in [3.63, 3.8) is 0 Å². The first-order chi connectivity index (χ1) is 7.47. The highest BCUT2D eigenvalue weighted by Gasteiger charge is 2.12. The molecule has 0 spiro atoms. The molecular weight excluding hydrogens is 247 g/mol. The molecule has 0 radical (unpaired) electrons. The van der Waals surface area contributed by atoms with E-state index in [-0.39, 0.29) is 5.57 Å². The molecule has 2 N–H and O–H groups in total. The van der Waals surface area contributed by atoms with Gasteiger partial charge in [0, 0.05) is 10.0 Å². The lowest BCUT2D eigenvalue weighted by atomic mass is 10.0. The summed E-state index contributed by atoms with van der Waals surface area (Å²) in [6.07, 6.45) is 0. The van der Waals surface area contributed by atoms with E-state index in [2.05, 4.69) is 0 Å². The molecule has 1 amide bonds. The molecule has 0 unspecified atom stereocenters. The monoisotopic (exact) mass is 254 g/mol. The fraction of sp³-hybridized carbons (Fsp3) is 0.0909. The number of benzene rings is 1. The lowest BCUT2D eigenvalue weighted by Gasteiger charge is -2.06. The van der Waals surface area contributed by atoms with Gasteiger partial charge in [-0.25, -0.2) is 0 Å². The number of carbonyl (C=O) groups excluding carboxylic acids is 1. The first kappa shape index (κ1) is 12.6. The van der Waals surface area contributed by atoms with Crippen LogP contribution in [-0.2, 0) is 4.79 Å². The van der Waals surface area contributed by atoms with Crippen LogP contribution in [0.15, 0.2) is 23.8 Å². The van der Waals surface area contributed by atoms with E-state index in [0.29, 0.717) is 21.2 Å². The van der Waals surface area contributed by atoms with Crippen molar-refractivity contribution in [1.82, 2.24) is 0 Å². The zero-order chi connectivity index (χ0) is 12.3. The van der Waals surface area contributed by atoms with E-state index in [4.69, 9.17) is 34.2 Å². The maximum Gasteiger partial charge on any atom is 0.259 e. The highest BCUT2D eigenvalue weighted by Crippen LogP contribution is 2.28. The predicted octanol–water partition coefficient (Wildman–Crippen LogP) is 2.78. The summed E-state index contributed by atoms with van der Waals surface area (Å²) in [5.74, 6) is -0.772. The number of nitriles is 1. The van der Waals surface area contributed by atoms with Gasteiger partial charge in [0.1, 0.15) is 11.6 Å². The molecule has 0 heterocycles. The van der Waals surface area contributed by atoms with Gasteiger partial charge in [-0.15, -0.1) is 0 Å². The van der Waals surface area contributed by atoms with E-state index >= 15 is 0 Å². The Morgan fingerprint density at radius 2 is 2.06 bits per heavy atom. The molecule has 0 fully saturated rings. The van der Waals surface area contributed by atoms with Crippen molar-refractivity contribution in [2.45, 2.75) is 6.92 Å². The van der Waals surface area contributed by atoms with Crippen LogP contribution >= 0.6 is 23.2 Å². The lowest BCUT2D eigenvalue weighted by Crippen LogP contribution is -2.14. The van der Waals surface area contributed by atoms with Crippen LogP contribution in [0.1, 0.15) is 12.5 Å². The lowest BCUT2D eigenvalue weighted by molar-refractivity contribution is -0.114. The summed E-state index contributed by atoms with van der Waals surface area (Å²) < 4.78 is 0. The Labute approximate surface area is 103 Å². The van der Waals surface area contributed by atoms with Gasteiger partial charge >= 0.3 is 0 Å². The molecule has 0 aliphatic rings. The van der Waals surface area contributed by atoms with Crippen molar-refractivity contribution >= 4 is 34.7 Å². The van der Waals surface area contributed by atoms with Crippen molar-refractivity contribution in [3.8, 4) is 6.07 Å². The molecule has 0 aromatic heterocycles. The summed E-state index contributed by atoms with van der Waals surface area (Å²) in [4.78, 5) is 11.0. The molecule has 1 aromatic rings. The average molecular weight is 255 g/mol. The molecule has 3 nitrogen and oxygen atoms in total. The minimum Gasteiger partial charge on any atom is -0.365 e. The zero-order valence-corrected chi connectivity index (χ0v) is 9.93. The van der Waals surface area contributed by atoms with Crippen molar-refractivity contribution in [2.75, 3.05) is 0 Å². The predicted molar refractivity (Wildman–Crippen MR) is 63.9 cm³/mol. The van der Waals surface area contributed by atoms with Gasteiger partial charge in [0.15, 0.2) is 0 Å². The maximum atomic E-state index is 11.0. The summed E-state index contributed by atoms with van der Waals surface area (Å²) >= 11 is 11.7. The van der Waals surface area contributed by atoms with Crippen LogP contribution in [-0.4, -0.2) is 5.91 Å². The van der Waals surface area contributed by atoms with Gasteiger partial charge in [-0.3, -0.25) is 4.79 Å². The zero-order valence-electron chi connectivity index (χ0n) is 8.42. The Bertz CT molecular complexity index is 515. The largest absolute Gasteiger partial charge is 0.365 e. The standard InChI is InChI=1S/C11H8Cl2N2O/c1-6(9(5-14)11(15)16)8-3-2-7(12)4-10(8)13/h2-4H,1H3,(H2,15,16)/b9-6-. The van der Waals surface area contributed by atoms with Crippen LogP contribution in [0.3, 0.4) is 0 Å². The highest BCUT2D eigenvalue weighted by atomic mass is 35.5. The Morgan fingerprint density at radius 1 is 1.44 bits per heavy atom. The van der Waals surface area contributed by atoms with Crippen LogP contribution in [0.4, 0.5) is 0 Å². The van der Waals surface area contributed by atoms with Gasteiger partial charge in [0.2, 0.25) is 0 Å². The van der Waals surface area contributed by atoms with Gasteiger partial charge in [-0.05, 0) is 30.2 Å². The fourth-order valence-corrected chi connectivity index (χ4v) is 1.80. The quantitative estimate of drug-likeness (QED) is 0.652. The first-order valence-electron chi connectivity index (χ1n) is 4.33. The van der Waals surface area contributed by atoms with Crippen LogP contribution < -0.4 is 5.73 Å². The van der Waals surface area contributed by atoms with Crippen LogP contribution in [0, 0.1) is 11.3 Å².